The summed E-state index contributed by atoms with van der Waals surface area (Å²) in [5.41, 5.74) is 8.97. The van der Waals surface area contributed by atoms with Crippen LogP contribution in [0.25, 0.3) is 0 Å². The van der Waals surface area contributed by atoms with E-state index in [4.69, 9.17) is 17.3 Å². The average Bonchev–Trinajstić information content (AvgIpc) is 2.51. The molecule has 3 rings (SSSR count). The summed E-state index contributed by atoms with van der Waals surface area (Å²) >= 11 is 6.39. The molecule has 2 nitrogen and oxygen atoms in total. The molecule has 2 aliphatic rings. The SMILES string of the molecule is NCCc1c(Cl)cccc1N1CCC2(CCCCC2)CC1. The summed E-state index contributed by atoms with van der Waals surface area (Å²) in [6, 6.07) is 6.28. The standard InChI is InChI=1S/C18H27ClN2/c19-16-5-4-6-17(15(16)7-12-20)21-13-10-18(11-14-21)8-2-1-3-9-18/h4-6H,1-3,7-14,20H2. The molecule has 1 aliphatic carbocycles. The Morgan fingerprint density at radius 1 is 1.05 bits per heavy atom. The second kappa shape index (κ2) is 6.58. The number of hydrogen-bond donors (Lipinski definition) is 1. The summed E-state index contributed by atoms with van der Waals surface area (Å²) < 4.78 is 0. The molecule has 1 heterocycles. The van der Waals surface area contributed by atoms with Crippen LogP contribution < -0.4 is 10.6 Å². The number of anilines is 1. The Morgan fingerprint density at radius 3 is 2.43 bits per heavy atom. The van der Waals surface area contributed by atoms with Gasteiger partial charge in [0.1, 0.15) is 0 Å². The molecule has 0 unspecified atom stereocenters. The summed E-state index contributed by atoms with van der Waals surface area (Å²) in [5, 5.41) is 0.871. The second-order valence-corrected chi connectivity index (χ2v) is 7.23. The first kappa shape index (κ1) is 15.2. The average molecular weight is 307 g/mol. The van der Waals surface area contributed by atoms with Crippen molar-refractivity contribution in [3.8, 4) is 0 Å². The minimum Gasteiger partial charge on any atom is -0.371 e. The lowest BCUT2D eigenvalue weighted by Crippen LogP contribution is -2.41. The van der Waals surface area contributed by atoms with Crippen LogP contribution in [0, 0.1) is 5.41 Å². The predicted octanol–water partition coefficient (Wildman–Crippen LogP) is 4.39. The minimum absolute atomic E-state index is 0.654. The Balaban J connectivity index is 1.73. The molecule has 0 amide bonds. The number of rotatable bonds is 3. The monoisotopic (exact) mass is 306 g/mol. The first-order valence-corrected chi connectivity index (χ1v) is 8.84. The lowest BCUT2D eigenvalue weighted by atomic mass is 9.68. The van der Waals surface area contributed by atoms with Crippen LogP contribution in [0.3, 0.4) is 0 Å². The number of nitrogens with zero attached hydrogens (tertiary/aromatic N) is 1. The highest BCUT2D eigenvalue weighted by molar-refractivity contribution is 6.31. The van der Waals surface area contributed by atoms with E-state index in [1.54, 1.807) is 0 Å². The maximum atomic E-state index is 6.39. The van der Waals surface area contributed by atoms with Crippen LogP contribution in [0.15, 0.2) is 18.2 Å². The molecular formula is C18H27ClN2. The Morgan fingerprint density at radius 2 is 1.76 bits per heavy atom. The van der Waals surface area contributed by atoms with Crippen LogP contribution in [0.1, 0.15) is 50.5 Å². The topological polar surface area (TPSA) is 29.3 Å². The number of benzene rings is 1. The second-order valence-electron chi connectivity index (χ2n) is 6.82. The summed E-state index contributed by atoms with van der Waals surface area (Å²) in [6.07, 6.45) is 10.8. The van der Waals surface area contributed by atoms with Gasteiger partial charge in [0.05, 0.1) is 0 Å². The molecule has 3 heteroatoms. The Hall–Kier alpha value is -0.730. The summed E-state index contributed by atoms with van der Waals surface area (Å²) in [4.78, 5) is 2.54. The van der Waals surface area contributed by atoms with Crippen LogP contribution in [0.4, 0.5) is 5.69 Å². The number of piperidine rings is 1. The molecule has 21 heavy (non-hydrogen) atoms. The van der Waals surface area contributed by atoms with E-state index in [1.165, 1.54) is 69.3 Å². The highest BCUT2D eigenvalue weighted by atomic mass is 35.5. The molecule has 1 aromatic carbocycles. The van der Waals surface area contributed by atoms with Gasteiger partial charge in [-0.1, -0.05) is 36.9 Å². The van der Waals surface area contributed by atoms with E-state index < -0.39 is 0 Å². The molecule has 0 atom stereocenters. The van der Waals surface area contributed by atoms with Gasteiger partial charge in [-0.2, -0.15) is 0 Å². The Kier molecular flexibility index (Phi) is 4.75. The van der Waals surface area contributed by atoms with E-state index in [0.717, 1.165) is 11.4 Å². The fourth-order valence-corrected chi connectivity index (χ4v) is 4.52. The third-order valence-electron chi connectivity index (χ3n) is 5.57. The van der Waals surface area contributed by atoms with Crippen molar-refractivity contribution in [1.29, 1.82) is 0 Å². The smallest absolute Gasteiger partial charge is 0.0459 e. The van der Waals surface area contributed by atoms with Crippen molar-refractivity contribution in [1.82, 2.24) is 0 Å². The van der Waals surface area contributed by atoms with Gasteiger partial charge in [-0.15, -0.1) is 0 Å². The summed E-state index contributed by atoms with van der Waals surface area (Å²) in [6.45, 7) is 3.02. The third kappa shape index (κ3) is 3.22. The van der Waals surface area contributed by atoms with Crippen molar-refractivity contribution in [2.75, 3.05) is 24.5 Å². The van der Waals surface area contributed by atoms with Crippen molar-refractivity contribution in [3.05, 3.63) is 28.8 Å². The Bertz CT molecular complexity index is 470. The van der Waals surface area contributed by atoms with E-state index in [0.29, 0.717) is 12.0 Å². The van der Waals surface area contributed by atoms with Crippen molar-refractivity contribution < 1.29 is 0 Å². The lowest BCUT2D eigenvalue weighted by Gasteiger charge is -2.45. The first-order chi connectivity index (χ1) is 10.2. The fourth-order valence-electron chi connectivity index (χ4n) is 4.26. The van der Waals surface area contributed by atoms with Gasteiger partial charge in [-0.05, 0) is 61.8 Å². The zero-order chi connectivity index (χ0) is 14.7. The lowest BCUT2D eigenvalue weighted by molar-refractivity contribution is 0.144. The van der Waals surface area contributed by atoms with Crippen molar-refractivity contribution >= 4 is 17.3 Å². The summed E-state index contributed by atoms with van der Waals surface area (Å²) in [5.74, 6) is 0. The van der Waals surface area contributed by atoms with Gasteiger partial charge >= 0.3 is 0 Å². The number of nitrogens with two attached hydrogens (primary N) is 1. The van der Waals surface area contributed by atoms with Gasteiger partial charge in [0.15, 0.2) is 0 Å². The van der Waals surface area contributed by atoms with Crippen LogP contribution in [0.5, 0.6) is 0 Å². The molecule has 2 fully saturated rings. The van der Waals surface area contributed by atoms with Gasteiger partial charge in [0, 0.05) is 23.8 Å². The normalized spacial score (nSPS) is 21.7. The van der Waals surface area contributed by atoms with Gasteiger partial charge < -0.3 is 10.6 Å². The maximum absolute atomic E-state index is 6.39. The molecule has 116 valence electrons. The van der Waals surface area contributed by atoms with E-state index in [2.05, 4.69) is 17.0 Å². The van der Waals surface area contributed by atoms with E-state index >= 15 is 0 Å². The van der Waals surface area contributed by atoms with Crippen LogP contribution in [-0.4, -0.2) is 19.6 Å². The maximum Gasteiger partial charge on any atom is 0.0459 e. The molecule has 1 saturated heterocycles. The molecular weight excluding hydrogens is 280 g/mol. The van der Waals surface area contributed by atoms with Crippen molar-refractivity contribution in [2.24, 2.45) is 11.1 Å². The van der Waals surface area contributed by atoms with Crippen molar-refractivity contribution in [3.63, 3.8) is 0 Å². The van der Waals surface area contributed by atoms with Crippen molar-refractivity contribution in [2.45, 2.75) is 51.4 Å². The van der Waals surface area contributed by atoms with E-state index in [-0.39, 0.29) is 0 Å². The van der Waals surface area contributed by atoms with Gasteiger partial charge in [0.25, 0.3) is 0 Å². The highest BCUT2D eigenvalue weighted by Crippen LogP contribution is 2.45. The van der Waals surface area contributed by atoms with Gasteiger partial charge in [0.2, 0.25) is 0 Å². The highest BCUT2D eigenvalue weighted by Gasteiger charge is 2.35. The molecule has 1 spiro atoms. The molecule has 0 bridgehead atoms. The van der Waals surface area contributed by atoms with Crippen LogP contribution >= 0.6 is 11.6 Å². The number of hydrogen-bond acceptors (Lipinski definition) is 2. The third-order valence-corrected chi connectivity index (χ3v) is 5.92. The summed E-state index contributed by atoms with van der Waals surface area (Å²) in [7, 11) is 0. The first-order valence-electron chi connectivity index (χ1n) is 8.47. The molecule has 1 saturated carbocycles. The predicted molar refractivity (Wildman–Crippen MR) is 91.2 cm³/mol. The quantitative estimate of drug-likeness (QED) is 0.897. The largest absolute Gasteiger partial charge is 0.371 e. The zero-order valence-electron chi connectivity index (χ0n) is 12.9. The molecule has 1 aromatic rings. The zero-order valence-corrected chi connectivity index (χ0v) is 13.7. The van der Waals surface area contributed by atoms with Gasteiger partial charge in [-0.25, -0.2) is 0 Å². The van der Waals surface area contributed by atoms with Crippen LogP contribution in [0.2, 0.25) is 5.02 Å². The molecule has 2 N–H and O–H groups in total. The van der Waals surface area contributed by atoms with Gasteiger partial charge in [-0.3, -0.25) is 0 Å². The van der Waals surface area contributed by atoms with Crippen LogP contribution in [-0.2, 0) is 6.42 Å². The molecule has 0 aromatic heterocycles. The molecule has 1 aliphatic heterocycles. The molecule has 0 radical (unpaired) electrons. The van der Waals surface area contributed by atoms with E-state index in [9.17, 15) is 0 Å². The van der Waals surface area contributed by atoms with E-state index in [1.807, 2.05) is 6.07 Å². The number of halogens is 1. The Labute approximate surface area is 133 Å². The minimum atomic E-state index is 0.654. The fraction of sp³-hybridized carbons (Fsp3) is 0.667.